The van der Waals surface area contributed by atoms with Crippen molar-refractivity contribution in [2.24, 2.45) is 0 Å². The second kappa shape index (κ2) is 18.9. The molecule has 34 heavy (non-hydrogen) atoms. The van der Waals surface area contributed by atoms with Gasteiger partial charge < -0.3 is 34.0 Å². The molecular weight excluding hydrogens is 559 g/mol. The van der Waals surface area contributed by atoms with Gasteiger partial charge in [-0.25, -0.2) is 4.57 Å². The minimum atomic E-state index is -0.135. The van der Waals surface area contributed by atoms with E-state index in [1.54, 1.807) is 18.2 Å². The SMILES string of the molecule is CCCCCCCCCCCCOc1ccc(C(=O)NCc2ccc[n+](CCC)c2)cc1Cl.[I-]. The van der Waals surface area contributed by atoms with E-state index in [2.05, 4.69) is 29.9 Å². The highest BCUT2D eigenvalue weighted by Crippen LogP contribution is 2.26. The molecule has 1 heterocycles. The van der Waals surface area contributed by atoms with E-state index in [0.717, 1.165) is 24.9 Å². The molecule has 0 aliphatic carbocycles. The molecule has 2 aromatic rings. The third kappa shape index (κ3) is 12.4. The first kappa shape index (κ1) is 30.7. The number of halogens is 2. The second-order valence-electron chi connectivity index (χ2n) is 8.81. The molecule has 0 saturated heterocycles. The van der Waals surface area contributed by atoms with Gasteiger partial charge in [0, 0.05) is 30.2 Å². The lowest BCUT2D eigenvalue weighted by Crippen LogP contribution is -3.00. The number of pyridine rings is 1. The summed E-state index contributed by atoms with van der Waals surface area (Å²) >= 11 is 6.37. The number of nitrogens with zero attached hydrogens (tertiary/aromatic N) is 1. The Morgan fingerprint density at radius 3 is 2.26 bits per heavy atom. The van der Waals surface area contributed by atoms with Gasteiger partial charge in [0.15, 0.2) is 12.4 Å². The van der Waals surface area contributed by atoms with Crippen molar-refractivity contribution in [3.63, 3.8) is 0 Å². The molecule has 2 rings (SSSR count). The lowest BCUT2D eigenvalue weighted by atomic mass is 10.1. The first-order chi connectivity index (χ1) is 16.1. The Labute approximate surface area is 228 Å². The summed E-state index contributed by atoms with van der Waals surface area (Å²) in [7, 11) is 0. The highest BCUT2D eigenvalue weighted by atomic mass is 127. The standard InChI is InChI=1S/C28H41ClN2O2.HI/c1-3-5-6-7-8-9-10-11-12-13-20-33-27-17-16-25(21-26(27)29)28(32)30-22-24-15-14-19-31(23-24)18-4-2;/h14-17,19,21,23H,3-13,18,20,22H2,1-2H3;1H. The molecule has 0 aliphatic rings. The Balaban J connectivity index is 0.00000578. The lowest BCUT2D eigenvalue weighted by Gasteiger charge is -2.10. The van der Waals surface area contributed by atoms with Gasteiger partial charge in [-0.3, -0.25) is 4.79 Å². The number of hydrogen-bond donors (Lipinski definition) is 1. The molecule has 0 radical (unpaired) electrons. The third-order valence-corrected chi connectivity index (χ3v) is 6.10. The van der Waals surface area contributed by atoms with Crippen LogP contribution in [-0.4, -0.2) is 12.5 Å². The number of aryl methyl sites for hydroxylation is 1. The number of carbonyl (C=O) groups is 1. The van der Waals surface area contributed by atoms with E-state index in [0.29, 0.717) is 29.5 Å². The summed E-state index contributed by atoms with van der Waals surface area (Å²) in [6.45, 7) is 6.52. The van der Waals surface area contributed by atoms with Crippen LogP contribution in [0, 0.1) is 0 Å². The average Bonchev–Trinajstić information content (AvgIpc) is 2.82. The topological polar surface area (TPSA) is 42.2 Å². The summed E-state index contributed by atoms with van der Waals surface area (Å²) in [5.41, 5.74) is 1.62. The average molecular weight is 601 g/mol. The maximum Gasteiger partial charge on any atom is 0.251 e. The summed E-state index contributed by atoms with van der Waals surface area (Å²) in [4.78, 5) is 12.5. The van der Waals surface area contributed by atoms with Crippen molar-refractivity contribution in [3.05, 3.63) is 58.9 Å². The predicted molar refractivity (Wildman–Crippen MR) is 137 cm³/mol. The monoisotopic (exact) mass is 600 g/mol. The predicted octanol–water partition coefficient (Wildman–Crippen LogP) is 4.27. The Bertz CT molecular complexity index is 832. The van der Waals surface area contributed by atoms with Gasteiger partial charge in [-0.05, 0) is 30.7 Å². The van der Waals surface area contributed by atoms with Crippen molar-refractivity contribution in [2.45, 2.75) is 97.6 Å². The zero-order valence-electron chi connectivity index (χ0n) is 21.0. The van der Waals surface area contributed by atoms with Crippen LogP contribution in [0.4, 0.5) is 0 Å². The molecule has 6 heteroatoms. The Kier molecular flexibility index (Phi) is 17.1. The molecule has 0 spiro atoms. The fraction of sp³-hybridized carbons (Fsp3) is 0.571. The number of amides is 1. The van der Waals surface area contributed by atoms with E-state index in [9.17, 15) is 4.79 Å². The lowest BCUT2D eigenvalue weighted by molar-refractivity contribution is -0.697. The maximum absolute atomic E-state index is 12.5. The van der Waals surface area contributed by atoms with Crippen molar-refractivity contribution in [1.29, 1.82) is 0 Å². The van der Waals surface area contributed by atoms with Gasteiger partial charge in [0.05, 0.1) is 11.6 Å². The molecule has 0 aliphatic heterocycles. The van der Waals surface area contributed by atoms with E-state index in [1.165, 1.54) is 57.8 Å². The fourth-order valence-corrected chi connectivity index (χ4v) is 4.13. The van der Waals surface area contributed by atoms with E-state index in [4.69, 9.17) is 16.3 Å². The fourth-order valence-electron chi connectivity index (χ4n) is 3.89. The molecule has 0 atom stereocenters. The highest BCUT2D eigenvalue weighted by molar-refractivity contribution is 6.32. The van der Waals surface area contributed by atoms with Crippen LogP contribution in [0.15, 0.2) is 42.7 Å². The van der Waals surface area contributed by atoms with Gasteiger partial charge in [0.25, 0.3) is 5.91 Å². The normalized spacial score (nSPS) is 10.6. The number of rotatable bonds is 17. The molecule has 1 aromatic heterocycles. The van der Waals surface area contributed by atoms with Crippen LogP contribution in [0.3, 0.4) is 0 Å². The highest BCUT2D eigenvalue weighted by Gasteiger charge is 2.10. The quantitative estimate of drug-likeness (QED) is 0.167. The van der Waals surface area contributed by atoms with Crippen molar-refractivity contribution < 1.29 is 38.1 Å². The molecular formula is C28H42ClIN2O2. The summed E-state index contributed by atoms with van der Waals surface area (Å²) in [6, 6.07) is 9.29. The summed E-state index contributed by atoms with van der Waals surface area (Å²) < 4.78 is 7.98. The number of carbonyl (C=O) groups excluding carboxylic acids is 1. The zero-order chi connectivity index (χ0) is 23.7. The van der Waals surface area contributed by atoms with Crippen LogP contribution >= 0.6 is 11.6 Å². The van der Waals surface area contributed by atoms with Crippen molar-refractivity contribution in [3.8, 4) is 5.75 Å². The molecule has 1 N–H and O–H groups in total. The molecule has 0 fully saturated rings. The zero-order valence-corrected chi connectivity index (χ0v) is 23.9. The Morgan fingerprint density at radius 1 is 0.941 bits per heavy atom. The summed E-state index contributed by atoms with van der Waals surface area (Å²) in [6.07, 6.45) is 18.2. The minimum absolute atomic E-state index is 0. The number of hydrogen-bond acceptors (Lipinski definition) is 2. The number of aromatic nitrogens is 1. The van der Waals surface area contributed by atoms with Crippen molar-refractivity contribution in [1.82, 2.24) is 5.32 Å². The Hall–Kier alpha value is -1.34. The molecule has 0 unspecified atom stereocenters. The van der Waals surface area contributed by atoms with Gasteiger partial charge >= 0.3 is 0 Å². The maximum atomic E-state index is 12.5. The van der Waals surface area contributed by atoms with Crippen LogP contribution < -0.4 is 38.6 Å². The largest absolute Gasteiger partial charge is 1.00 e. The smallest absolute Gasteiger partial charge is 0.251 e. The molecule has 1 amide bonds. The van der Waals surface area contributed by atoms with E-state index in [1.807, 2.05) is 18.3 Å². The van der Waals surface area contributed by atoms with E-state index < -0.39 is 0 Å². The Morgan fingerprint density at radius 2 is 1.62 bits per heavy atom. The molecule has 0 bridgehead atoms. The van der Waals surface area contributed by atoms with Gasteiger partial charge in [-0.2, -0.15) is 0 Å². The van der Waals surface area contributed by atoms with Crippen LogP contribution in [0.2, 0.25) is 5.02 Å². The van der Waals surface area contributed by atoms with Gasteiger partial charge in [0.2, 0.25) is 0 Å². The van der Waals surface area contributed by atoms with Crippen LogP contribution in [-0.2, 0) is 13.1 Å². The van der Waals surface area contributed by atoms with Gasteiger partial charge in [-0.15, -0.1) is 0 Å². The number of unbranched alkanes of at least 4 members (excludes halogenated alkanes) is 9. The summed E-state index contributed by atoms with van der Waals surface area (Å²) in [5.74, 6) is 0.511. The van der Waals surface area contributed by atoms with Crippen molar-refractivity contribution in [2.75, 3.05) is 6.61 Å². The molecule has 4 nitrogen and oxygen atoms in total. The molecule has 1 aromatic carbocycles. The minimum Gasteiger partial charge on any atom is -1.00 e. The summed E-state index contributed by atoms with van der Waals surface area (Å²) in [5, 5.41) is 3.45. The van der Waals surface area contributed by atoms with Gasteiger partial charge in [0.1, 0.15) is 12.3 Å². The van der Waals surface area contributed by atoms with Crippen LogP contribution in [0.5, 0.6) is 5.75 Å². The number of ether oxygens (including phenoxy) is 1. The van der Waals surface area contributed by atoms with Crippen LogP contribution in [0.1, 0.15) is 100 Å². The van der Waals surface area contributed by atoms with E-state index >= 15 is 0 Å². The molecule has 190 valence electrons. The van der Waals surface area contributed by atoms with Gasteiger partial charge in [-0.1, -0.05) is 83.2 Å². The number of benzene rings is 1. The van der Waals surface area contributed by atoms with Crippen LogP contribution in [0.25, 0.3) is 0 Å². The molecule has 0 saturated carbocycles. The number of nitrogens with one attached hydrogen (secondary N) is 1. The third-order valence-electron chi connectivity index (χ3n) is 5.80. The van der Waals surface area contributed by atoms with Crippen molar-refractivity contribution >= 4 is 17.5 Å². The first-order valence-corrected chi connectivity index (χ1v) is 13.2. The second-order valence-corrected chi connectivity index (χ2v) is 9.22. The van der Waals surface area contributed by atoms with E-state index in [-0.39, 0.29) is 29.9 Å². The first-order valence-electron chi connectivity index (χ1n) is 12.8.